The van der Waals surface area contributed by atoms with Crippen LogP contribution in [0, 0.1) is 5.92 Å². The number of carbonyl (C=O) groups excluding carboxylic acids is 2. The van der Waals surface area contributed by atoms with Crippen molar-refractivity contribution >= 4 is 17.5 Å². The summed E-state index contributed by atoms with van der Waals surface area (Å²) in [7, 11) is 0. The molecule has 0 bridgehead atoms. The lowest BCUT2D eigenvalue weighted by molar-refractivity contribution is -0.118. The molecule has 0 fully saturated rings. The second kappa shape index (κ2) is 7.42. The van der Waals surface area contributed by atoms with Gasteiger partial charge in [-0.15, -0.1) is 0 Å². The monoisotopic (exact) mass is 382 g/mol. The van der Waals surface area contributed by atoms with Crippen LogP contribution in [0.5, 0.6) is 17.2 Å². The molecule has 2 aliphatic heterocycles. The summed E-state index contributed by atoms with van der Waals surface area (Å²) in [6, 6.07) is 10.5. The number of amides is 2. The second-order valence-corrected chi connectivity index (χ2v) is 7.15. The first-order valence-electron chi connectivity index (χ1n) is 9.28. The fraction of sp³-hybridized carbons (Fsp3) is 0.333. The third kappa shape index (κ3) is 3.60. The Morgan fingerprint density at radius 2 is 1.79 bits per heavy atom. The molecule has 2 aliphatic rings. The molecule has 2 aromatic carbocycles. The van der Waals surface area contributed by atoms with Crippen molar-refractivity contribution in [3.8, 4) is 17.2 Å². The lowest BCUT2D eigenvalue weighted by Crippen LogP contribution is -2.32. The minimum atomic E-state index is -0.211. The summed E-state index contributed by atoms with van der Waals surface area (Å²) in [6.45, 7) is 5.10. The van der Waals surface area contributed by atoms with Crippen LogP contribution in [0.2, 0.25) is 0 Å². The van der Waals surface area contributed by atoms with E-state index in [1.807, 2.05) is 32.0 Å². The Morgan fingerprint density at radius 1 is 1.00 bits per heavy atom. The number of fused-ring (bicyclic) bond motifs is 2. The van der Waals surface area contributed by atoms with Gasteiger partial charge in [0.05, 0.1) is 11.7 Å². The van der Waals surface area contributed by atoms with Gasteiger partial charge in [0.15, 0.2) is 18.1 Å². The number of carbonyl (C=O) groups is 2. The highest BCUT2D eigenvalue weighted by atomic mass is 16.6. The van der Waals surface area contributed by atoms with Crippen molar-refractivity contribution in [2.24, 2.45) is 5.92 Å². The average molecular weight is 382 g/mol. The topological polar surface area (TPSA) is 85.9 Å². The maximum Gasteiger partial charge on any atom is 0.262 e. The van der Waals surface area contributed by atoms with Gasteiger partial charge < -0.3 is 24.8 Å². The van der Waals surface area contributed by atoms with Crippen LogP contribution in [0.4, 0.5) is 5.69 Å². The SMILES string of the molecule is CC(C)C(NC(=O)c1ccc2c(c1)OCC(=O)N2)c1ccc2c(c1)OCCO2. The number of hydrogen-bond acceptors (Lipinski definition) is 5. The van der Waals surface area contributed by atoms with E-state index < -0.39 is 0 Å². The van der Waals surface area contributed by atoms with E-state index in [1.54, 1.807) is 18.2 Å². The van der Waals surface area contributed by atoms with Crippen LogP contribution in [0.15, 0.2) is 36.4 Å². The second-order valence-electron chi connectivity index (χ2n) is 7.15. The zero-order valence-electron chi connectivity index (χ0n) is 15.8. The minimum Gasteiger partial charge on any atom is -0.486 e. The molecule has 2 aromatic rings. The summed E-state index contributed by atoms with van der Waals surface area (Å²) in [5.41, 5.74) is 1.99. The van der Waals surface area contributed by atoms with E-state index in [-0.39, 0.29) is 30.4 Å². The smallest absolute Gasteiger partial charge is 0.262 e. The van der Waals surface area contributed by atoms with Crippen LogP contribution in [0.1, 0.15) is 35.8 Å². The van der Waals surface area contributed by atoms with Crippen LogP contribution in [-0.2, 0) is 4.79 Å². The Balaban J connectivity index is 1.55. The molecule has 1 unspecified atom stereocenters. The fourth-order valence-corrected chi connectivity index (χ4v) is 3.33. The van der Waals surface area contributed by atoms with E-state index in [9.17, 15) is 9.59 Å². The molecule has 0 saturated heterocycles. The standard InChI is InChI=1S/C21H22N2O5/c1-12(2)20(13-4-6-16-18(9-13)27-8-7-26-16)23-21(25)14-3-5-15-17(10-14)28-11-19(24)22-15/h3-6,9-10,12,20H,7-8,11H2,1-2H3,(H,22,24)(H,23,25). The van der Waals surface area contributed by atoms with E-state index in [2.05, 4.69) is 10.6 Å². The van der Waals surface area contributed by atoms with Crippen LogP contribution < -0.4 is 24.8 Å². The van der Waals surface area contributed by atoms with Crippen molar-refractivity contribution in [3.05, 3.63) is 47.5 Å². The van der Waals surface area contributed by atoms with Gasteiger partial charge in [0, 0.05) is 5.56 Å². The van der Waals surface area contributed by atoms with Crippen molar-refractivity contribution in [2.45, 2.75) is 19.9 Å². The van der Waals surface area contributed by atoms with Crippen molar-refractivity contribution in [1.29, 1.82) is 0 Å². The normalized spacial score (nSPS) is 15.9. The number of ether oxygens (including phenoxy) is 3. The molecular weight excluding hydrogens is 360 g/mol. The van der Waals surface area contributed by atoms with E-state index >= 15 is 0 Å². The maximum absolute atomic E-state index is 12.9. The Kier molecular flexibility index (Phi) is 4.81. The summed E-state index contributed by atoms with van der Waals surface area (Å²) in [6.07, 6.45) is 0. The zero-order chi connectivity index (χ0) is 19.7. The molecule has 0 aliphatic carbocycles. The summed E-state index contributed by atoms with van der Waals surface area (Å²) in [5, 5.41) is 5.81. The first-order valence-corrected chi connectivity index (χ1v) is 9.28. The first kappa shape index (κ1) is 18.2. The average Bonchev–Trinajstić information content (AvgIpc) is 2.70. The van der Waals surface area contributed by atoms with E-state index in [0.29, 0.717) is 36.0 Å². The van der Waals surface area contributed by atoms with Gasteiger partial charge in [-0.25, -0.2) is 0 Å². The summed E-state index contributed by atoms with van der Waals surface area (Å²) < 4.78 is 16.6. The van der Waals surface area contributed by atoms with E-state index in [4.69, 9.17) is 14.2 Å². The molecule has 0 radical (unpaired) electrons. The van der Waals surface area contributed by atoms with Gasteiger partial charge in [0.1, 0.15) is 19.0 Å². The van der Waals surface area contributed by atoms with Gasteiger partial charge in [-0.3, -0.25) is 9.59 Å². The Bertz CT molecular complexity index is 925. The third-order valence-electron chi connectivity index (χ3n) is 4.76. The van der Waals surface area contributed by atoms with Crippen LogP contribution >= 0.6 is 0 Å². The summed E-state index contributed by atoms with van der Waals surface area (Å²) in [5.74, 6) is 1.66. The molecule has 28 heavy (non-hydrogen) atoms. The Hall–Kier alpha value is -3.22. The molecule has 0 saturated carbocycles. The molecule has 0 aromatic heterocycles. The number of nitrogens with one attached hydrogen (secondary N) is 2. The highest BCUT2D eigenvalue weighted by Crippen LogP contribution is 2.35. The van der Waals surface area contributed by atoms with Gasteiger partial charge in [-0.1, -0.05) is 19.9 Å². The molecular formula is C21H22N2O5. The molecule has 1 atom stereocenters. The van der Waals surface area contributed by atoms with Gasteiger partial charge in [-0.2, -0.15) is 0 Å². The van der Waals surface area contributed by atoms with Crippen molar-refractivity contribution < 1.29 is 23.8 Å². The molecule has 4 rings (SSSR count). The molecule has 7 heteroatoms. The highest BCUT2D eigenvalue weighted by Gasteiger charge is 2.23. The Labute approximate surface area is 163 Å². The van der Waals surface area contributed by atoms with Crippen molar-refractivity contribution in [2.75, 3.05) is 25.1 Å². The largest absolute Gasteiger partial charge is 0.486 e. The maximum atomic E-state index is 12.9. The fourth-order valence-electron chi connectivity index (χ4n) is 3.33. The van der Waals surface area contributed by atoms with Crippen molar-refractivity contribution in [3.63, 3.8) is 0 Å². The molecule has 2 amide bonds. The molecule has 2 heterocycles. The van der Waals surface area contributed by atoms with Crippen LogP contribution in [0.25, 0.3) is 0 Å². The first-order chi connectivity index (χ1) is 13.5. The molecule has 0 spiro atoms. The zero-order valence-corrected chi connectivity index (χ0v) is 15.8. The predicted molar refractivity (Wildman–Crippen MR) is 103 cm³/mol. The summed E-state index contributed by atoms with van der Waals surface area (Å²) >= 11 is 0. The van der Waals surface area contributed by atoms with Gasteiger partial charge in [-0.05, 0) is 41.8 Å². The number of anilines is 1. The van der Waals surface area contributed by atoms with Crippen LogP contribution in [-0.4, -0.2) is 31.6 Å². The Morgan fingerprint density at radius 3 is 2.57 bits per heavy atom. The predicted octanol–water partition coefficient (Wildman–Crippen LogP) is 2.92. The molecule has 7 nitrogen and oxygen atoms in total. The number of hydrogen-bond donors (Lipinski definition) is 2. The van der Waals surface area contributed by atoms with Crippen molar-refractivity contribution in [1.82, 2.24) is 5.32 Å². The van der Waals surface area contributed by atoms with Gasteiger partial charge in [0.25, 0.3) is 11.8 Å². The van der Waals surface area contributed by atoms with E-state index in [1.165, 1.54) is 0 Å². The van der Waals surface area contributed by atoms with Gasteiger partial charge >= 0.3 is 0 Å². The van der Waals surface area contributed by atoms with Gasteiger partial charge in [0.2, 0.25) is 0 Å². The number of benzene rings is 2. The van der Waals surface area contributed by atoms with E-state index in [0.717, 1.165) is 11.3 Å². The minimum absolute atomic E-state index is 0.0517. The number of rotatable bonds is 4. The summed E-state index contributed by atoms with van der Waals surface area (Å²) in [4.78, 5) is 24.3. The quantitative estimate of drug-likeness (QED) is 0.849. The highest BCUT2D eigenvalue weighted by molar-refractivity contribution is 5.99. The molecule has 2 N–H and O–H groups in total. The lowest BCUT2D eigenvalue weighted by atomic mass is 9.95. The lowest BCUT2D eigenvalue weighted by Gasteiger charge is -2.26. The van der Waals surface area contributed by atoms with Crippen LogP contribution in [0.3, 0.4) is 0 Å². The molecule has 146 valence electrons. The third-order valence-corrected chi connectivity index (χ3v) is 4.76.